The van der Waals surface area contributed by atoms with Gasteiger partial charge in [-0.2, -0.15) is 0 Å². The highest BCUT2D eigenvalue weighted by Gasteiger charge is 2.19. The Balaban J connectivity index is 2.64. The van der Waals surface area contributed by atoms with E-state index in [0.717, 1.165) is 0 Å². The van der Waals surface area contributed by atoms with Crippen molar-refractivity contribution < 1.29 is 4.92 Å². The van der Waals surface area contributed by atoms with Crippen molar-refractivity contribution in [3.8, 4) is 5.69 Å². The fraction of sp³-hybridized carbons (Fsp3) is 0.100. The fourth-order valence-electron chi connectivity index (χ4n) is 1.53. The highest BCUT2D eigenvalue weighted by Crippen LogP contribution is 2.30. The third-order valence-electron chi connectivity index (χ3n) is 2.40. The normalized spacial score (nSPS) is 10.6. The van der Waals surface area contributed by atoms with Gasteiger partial charge < -0.3 is 5.73 Å². The molecule has 1 aromatic carbocycles. The molecule has 94 valence electrons. The molecule has 0 amide bonds. The van der Waals surface area contributed by atoms with Crippen molar-refractivity contribution in [1.29, 1.82) is 0 Å². The number of imidazole rings is 1. The highest BCUT2D eigenvalue weighted by molar-refractivity contribution is 6.40. The van der Waals surface area contributed by atoms with Gasteiger partial charge in [-0.25, -0.2) is 4.98 Å². The van der Waals surface area contributed by atoms with Crippen LogP contribution in [0.2, 0.25) is 10.3 Å². The Morgan fingerprint density at radius 1 is 1.44 bits per heavy atom. The minimum Gasteiger partial charge on any atom is -0.326 e. The lowest BCUT2D eigenvalue weighted by Gasteiger charge is -2.06. The van der Waals surface area contributed by atoms with E-state index in [1.807, 2.05) is 0 Å². The Labute approximate surface area is 112 Å². The number of nitro benzene ring substituents is 1. The predicted molar refractivity (Wildman–Crippen MR) is 68.1 cm³/mol. The van der Waals surface area contributed by atoms with Crippen molar-refractivity contribution in [2.75, 3.05) is 0 Å². The first-order valence-corrected chi connectivity index (χ1v) is 5.66. The van der Waals surface area contributed by atoms with Crippen molar-refractivity contribution in [1.82, 2.24) is 9.55 Å². The van der Waals surface area contributed by atoms with Gasteiger partial charge in [-0.05, 0) is 11.6 Å². The highest BCUT2D eigenvalue weighted by atomic mass is 35.5. The predicted octanol–water partition coefficient (Wildman–Crippen LogP) is 2.55. The molecule has 18 heavy (non-hydrogen) atoms. The number of benzene rings is 1. The molecule has 0 unspecified atom stereocenters. The number of halogens is 2. The Bertz CT molecular complexity index is 612. The van der Waals surface area contributed by atoms with Crippen LogP contribution in [0, 0.1) is 10.1 Å². The van der Waals surface area contributed by atoms with Gasteiger partial charge in [0.2, 0.25) is 0 Å². The number of nitrogens with two attached hydrogens (primary N) is 1. The van der Waals surface area contributed by atoms with Crippen LogP contribution in [-0.2, 0) is 6.54 Å². The zero-order chi connectivity index (χ0) is 13.3. The van der Waals surface area contributed by atoms with Crippen molar-refractivity contribution >= 4 is 28.9 Å². The molecule has 0 fully saturated rings. The Morgan fingerprint density at radius 2 is 2.17 bits per heavy atom. The molecule has 6 nitrogen and oxygen atoms in total. The molecule has 2 rings (SSSR count). The van der Waals surface area contributed by atoms with Crippen LogP contribution in [0.4, 0.5) is 5.69 Å². The van der Waals surface area contributed by atoms with Gasteiger partial charge in [0.25, 0.3) is 5.69 Å². The van der Waals surface area contributed by atoms with Crippen LogP contribution in [0.15, 0.2) is 24.5 Å². The van der Waals surface area contributed by atoms with E-state index in [9.17, 15) is 10.1 Å². The summed E-state index contributed by atoms with van der Waals surface area (Å²) < 4.78 is 1.35. The second kappa shape index (κ2) is 4.93. The molecule has 2 aromatic rings. The molecule has 0 saturated carbocycles. The van der Waals surface area contributed by atoms with Crippen LogP contribution in [0.25, 0.3) is 5.69 Å². The number of aromatic nitrogens is 2. The third kappa shape index (κ3) is 2.17. The van der Waals surface area contributed by atoms with Gasteiger partial charge >= 0.3 is 0 Å². The molecule has 1 aromatic heterocycles. The Hall–Kier alpha value is -1.63. The number of nitrogens with zero attached hydrogens (tertiary/aromatic N) is 3. The average Bonchev–Trinajstić information content (AvgIpc) is 2.69. The van der Waals surface area contributed by atoms with Crippen LogP contribution < -0.4 is 5.73 Å². The monoisotopic (exact) mass is 286 g/mol. The lowest BCUT2D eigenvalue weighted by molar-refractivity contribution is -0.384. The van der Waals surface area contributed by atoms with E-state index < -0.39 is 4.92 Å². The molecule has 0 aliphatic heterocycles. The van der Waals surface area contributed by atoms with E-state index in [2.05, 4.69) is 4.98 Å². The summed E-state index contributed by atoms with van der Waals surface area (Å²) in [4.78, 5) is 14.3. The van der Waals surface area contributed by atoms with E-state index in [1.165, 1.54) is 17.0 Å². The molecular formula is C10H8Cl2N4O2. The van der Waals surface area contributed by atoms with E-state index in [1.54, 1.807) is 12.1 Å². The van der Waals surface area contributed by atoms with E-state index in [4.69, 9.17) is 28.9 Å². The fourth-order valence-corrected chi connectivity index (χ4v) is 1.84. The second-order valence-corrected chi connectivity index (χ2v) is 4.20. The zero-order valence-corrected chi connectivity index (χ0v) is 10.5. The summed E-state index contributed by atoms with van der Waals surface area (Å²) in [6, 6.07) is 4.65. The van der Waals surface area contributed by atoms with Gasteiger partial charge in [0.1, 0.15) is 12.0 Å². The van der Waals surface area contributed by atoms with E-state index >= 15 is 0 Å². The second-order valence-electron chi connectivity index (χ2n) is 3.48. The minimum absolute atomic E-state index is 0.0915. The number of rotatable bonds is 3. The Morgan fingerprint density at radius 3 is 2.67 bits per heavy atom. The maximum Gasteiger partial charge on any atom is 0.293 e. The molecule has 0 radical (unpaired) electrons. The lowest BCUT2D eigenvalue weighted by atomic mass is 10.1. The first-order valence-electron chi connectivity index (χ1n) is 4.90. The number of hydrogen-bond donors (Lipinski definition) is 1. The third-order valence-corrected chi connectivity index (χ3v) is 3.13. The van der Waals surface area contributed by atoms with Gasteiger partial charge in [0.05, 0.1) is 4.92 Å². The quantitative estimate of drug-likeness (QED) is 0.694. The van der Waals surface area contributed by atoms with Crippen molar-refractivity contribution in [3.63, 3.8) is 0 Å². The Kier molecular flexibility index (Phi) is 3.51. The number of nitro groups is 1. The summed E-state index contributed by atoms with van der Waals surface area (Å²) in [6.45, 7) is 0.222. The molecule has 0 spiro atoms. The summed E-state index contributed by atoms with van der Waals surface area (Å²) in [6.07, 6.45) is 1.33. The maximum absolute atomic E-state index is 11.0. The van der Waals surface area contributed by atoms with Crippen molar-refractivity contribution in [3.05, 3.63) is 50.5 Å². The molecule has 0 saturated heterocycles. The first kappa shape index (κ1) is 12.8. The molecule has 2 N–H and O–H groups in total. The van der Waals surface area contributed by atoms with Gasteiger partial charge in [-0.1, -0.05) is 29.3 Å². The van der Waals surface area contributed by atoms with Crippen LogP contribution in [0.3, 0.4) is 0 Å². The molecular weight excluding hydrogens is 279 g/mol. The maximum atomic E-state index is 11.0. The van der Waals surface area contributed by atoms with Crippen molar-refractivity contribution in [2.45, 2.75) is 6.54 Å². The van der Waals surface area contributed by atoms with Gasteiger partial charge in [-0.15, -0.1) is 0 Å². The standard InChI is InChI=1S/C10H8Cl2N4O2/c11-9-10(12)15(5-14-9)7-2-1-6(4-13)3-8(7)16(17)18/h1-3,5H,4,13H2. The molecule has 8 heteroatoms. The van der Waals surface area contributed by atoms with Gasteiger partial charge in [0.15, 0.2) is 10.3 Å². The molecule has 1 heterocycles. The molecule has 0 atom stereocenters. The van der Waals surface area contributed by atoms with Crippen LogP contribution in [-0.4, -0.2) is 14.5 Å². The van der Waals surface area contributed by atoms with Gasteiger partial charge in [0, 0.05) is 12.6 Å². The minimum atomic E-state index is -0.501. The van der Waals surface area contributed by atoms with Crippen LogP contribution in [0.5, 0.6) is 0 Å². The summed E-state index contributed by atoms with van der Waals surface area (Å²) >= 11 is 11.6. The summed E-state index contributed by atoms with van der Waals surface area (Å²) in [5, 5.41) is 11.3. The van der Waals surface area contributed by atoms with Gasteiger partial charge in [-0.3, -0.25) is 14.7 Å². The SMILES string of the molecule is NCc1ccc(-n2cnc(Cl)c2Cl)c([N+](=O)[O-])c1. The van der Waals surface area contributed by atoms with Crippen LogP contribution >= 0.6 is 23.2 Å². The lowest BCUT2D eigenvalue weighted by Crippen LogP contribution is -2.02. The summed E-state index contributed by atoms with van der Waals surface area (Å²) in [5.74, 6) is 0. The zero-order valence-electron chi connectivity index (χ0n) is 9.01. The smallest absolute Gasteiger partial charge is 0.293 e. The molecule has 0 bridgehead atoms. The molecule has 0 aliphatic carbocycles. The topological polar surface area (TPSA) is 87.0 Å². The molecule has 0 aliphatic rings. The number of hydrogen-bond acceptors (Lipinski definition) is 4. The average molecular weight is 287 g/mol. The van der Waals surface area contributed by atoms with Crippen LogP contribution in [0.1, 0.15) is 5.56 Å². The largest absolute Gasteiger partial charge is 0.326 e. The summed E-state index contributed by atoms with van der Waals surface area (Å²) in [7, 11) is 0. The van der Waals surface area contributed by atoms with E-state index in [-0.39, 0.29) is 22.5 Å². The van der Waals surface area contributed by atoms with Crippen molar-refractivity contribution in [2.24, 2.45) is 5.73 Å². The first-order chi connectivity index (χ1) is 8.54. The summed E-state index contributed by atoms with van der Waals surface area (Å²) in [5.41, 5.74) is 6.30. The van der Waals surface area contributed by atoms with E-state index in [0.29, 0.717) is 11.3 Å².